The van der Waals surface area contributed by atoms with E-state index in [9.17, 15) is 0 Å². The maximum atomic E-state index is 2.45. The molecule has 3 heteroatoms. The first-order valence-electron chi connectivity index (χ1n) is 20.1. The van der Waals surface area contributed by atoms with Gasteiger partial charge in [0, 0.05) is 38.2 Å². The first kappa shape index (κ1) is 34.8. The lowest BCUT2D eigenvalue weighted by Gasteiger charge is -2.26. The van der Waals surface area contributed by atoms with Crippen molar-refractivity contribution in [3.63, 3.8) is 0 Å². The van der Waals surface area contributed by atoms with Crippen molar-refractivity contribution in [1.82, 2.24) is 4.57 Å². The van der Waals surface area contributed by atoms with Crippen molar-refractivity contribution in [1.29, 1.82) is 0 Å². The zero-order valence-corrected chi connectivity index (χ0v) is 33.1. The third-order valence-corrected chi connectivity index (χ3v) is 12.7. The fraction of sp³-hybridized carbons (Fsp3) is 0. The molecule has 0 fully saturated rings. The molecule has 0 amide bonds. The Morgan fingerprint density at radius 2 is 0.712 bits per heavy atom. The van der Waals surface area contributed by atoms with Crippen LogP contribution >= 0.6 is 11.3 Å². The van der Waals surface area contributed by atoms with Crippen LogP contribution in [-0.4, -0.2) is 4.57 Å². The van der Waals surface area contributed by atoms with Crippen LogP contribution in [0.3, 0.4) is 0 Å². The lowest BCUT2D eigenvalue weighted by molar-refractivity contribution is 1.19. The first-order valence-corrected chi connectivity index (χ1v) is 20.9. The molecule has 11 rings (SSSR count). The molecule has 0 saturated heterocycles. The third-order valence-electron chi connectivity index (χ3n) is 11.4. The van der Waals surface area contributed by atoms with E-state index < -0.39 is 0 Å². The standard InChI is InChI=1S/C56H38N2S/c1-4-13-39(14-5-1)41-23-31-46(32-24-41)57(47-33-25-42(26-34-47)40-15-6-2-7-16-40)48-35-27-43(28-36-48)44-29-37-49(38-30-44)58-53-22-11-10-19-51(53)56-54(58)52-21-12-20-50(55(52)59-56)45-17-8-3-9-18-45/h1-38H. The summed E-state index contributed by atoms with van der Waals surface area (Å²) >= 11 is 1.90. The molecular weight excluding hydrogens is 733 g/mol. The summed E-state index contributed by atoms with van der Waals surface area (Å²) in [5.41, 5.74) is 16.7. The minimum Gasteiger partial charge on any atom is -0.311 e. The highest BCUT2D eigenvalue weighted by Crippen LogP contribution is 2.46. The van der Waals surface area contributed by atoms with Crippen LogP contribution in [0.1, 0.15) is 0 Å². The molecule has 0 unspecified atom stereocenters. The molecule has 59 heavy (non-hydrogen) atoms. The van der Waals surface area contributed by atoms with E-state index in [1.807, 2.05) is 11.3 Å². The van der Waals surface area contributed by atoms with Crippen LogP contribution in [-0.2, 0) is 0 Å². The zero-order chi connectivity index (χ0) is 39.1. The van der Waals surface area contributed by atoms with Crippen molar-refractivity contribution in [2.75, 3.05) is 4.90 Å². The normalized spacial score (nSPS) is 11.4. The van der Waals surface area contributed by atoms with E-state index >= 15 is 0 Å². The minimum atomic E-state index is 1.10. The summed E-state index contributed by atoms with van der Waals surface area (Å²) in [5, 5.41) is 2.58. The van der Waals surface area contributed by atoms with Gasteiger partial charge < -0.3 is 9.47 Å². The van der Waals surface area contributed by atoms with Gasteiger partial charge in [0.1, 0.15) is 0 Å². The lowest BCUT2D eigenvalue weighted by Crippen LogP contribution is -2.09. The fourth-order valence-corrected chi connectivity index (χ4v) is 9.88. The molecule has 0 aliphatic carbocycles. The van der Waals surface area contributed by atoms with E-state index in [2.05, 4.69) is 240 Å². The number of anilines is 3. The summed E-state index contributed by atoms with van der Waals surface area (Å²) < 4.78 is 5.11. The van der Waals surface area contributed by atoms with E-state index in [0.29, 0.717) is 0 Å². The van der Waals surface area contributed by atoms with Crippen LogP contribution in [0.4, 0.5) is 17.1 Å². The minimum absolute atomic E-state index is 1.10. The highest BCUT2D eigenvalue weighted by molar-refractivity contribution is 7.27. The Morgan fingerprint density at radius 3 is 1.22 bits per heavy atom. The Bertz CT molecular complexity index is 3120. The fourth-order valence-electron chi connectivity index (χ4n) is 8.53. The predicted octanol–water partition coefficient (Wildman–Crippen LogP) is 16.1. The van der Waals surface area contributed by atoms with Crippen molar-refractivity contribution >= 4 is 59.6 Å². The van der Waals surface area contributed by atoms with Gasteiger partial charge in [-0.1, -0.05) is 176 Å². The van der Waals surface area contributed by atoms with E-state index in [4.69, 9.17) is 0 Å². The van der Waals surface area contributed by atoms with Gasteiger partial charge in [0.15, 0.2) is 0 Å². The Kier molecular flexibility index (Phi) is 8.72. The van der Waals surface area contributed by atoms with Crippen molar-refractivity contribution in [3.8, 4) is 50.2 Å². The Hall–Kier alpha value is -7.46. The molecule has 0 N–H and O–H groups in total. The largest absolute Gasteiger partial charge is 0.311 e. The molecule has 0 atom stereocenters. The van der Waals surface area contributed by atoms with Crippen LogP contribution in [0.15, 0.2) is 231 Å². The van der Waals surface area contributed by atoms with Gasteiger partial charge in [-0.25, -0.2) is 0 Å². The van der Waals surface area contributed by atoms with Crippen LogP contribution < -0.4 is 4.90 Å². The molecular formula is C56H38N2S. The van der Waals surface area contributed by atoms with Crippen LogP contribution in [0.5, 0.6) is 0 Å². The number of hydrogen-bond donors (Lipinski definition) is 0. The molecule has 0 spiro atoms. The molecule has 0 bridgehead atoms. The number of para-hydroxylation sites is 1. The molecule has 0 aliphatic heterocycles. The molecule has 2 aromatic heterocycles. The summed E-state index contributed by atoms with van der Waals surface area (Å²) in [6.45, 7) is 0. The molecule has 2 heterocycles. The van der Waals surface area contributed by atoms with E-state index in [1.165, 1.54) is 75.7 Å². The molecule has 9 aromatic carbocycles. The number of thiophene rings is 1. The quantitative estimate of drug-likeness (QED) is 0.149. The molecule has 0 aliphatic rings. The van der Waals surface area contributed by atoms with Gasteiger partial charge in [0.2, 0.25) is 0 Å². The Morgan fingerprint density at radius 1 is 0.305 bits per heavy atom. The van der Waals surface area contributed by atoms with Gasteiger partial charge in [0.05, 0.1) is 15.7 Å². The summed E-state index contributed by atoms with van der Waals surface area (Å²) in [5.74, 6) is 0. The number of hydrogen-bond acceptors (Lipinski definition) is 2. The molecule has 2 nitrogen and oxygen atoms in total. The maximum Gasteiger partial charge on any atom is 0.0727 e. The van der Waals surface area contributed by atoms with Crippen molar-refractivity contribution in [2.24, 2.45) is 0 Å². The second kappa shape index (κ2) is 14.8. The summed E-state index contributed by atoms with van der Waals surface area (Å²) in [7, 11) is 0. The molecule has 11 aromatic rings. The van der Waals surface area contributed by atoms with Gasteiger partial charge in [-0.05, 0) is 99.1 Å². The second-order valence-electron chi connectivity index (χ2n) is 14.9. The number of rotatable bonds is 8. The van der Waals surface area contributed by atoms with Crippen LogP contribution in [0, 0.1) is 0 Å². The van der Waals surface area contributed by atoms with Gasteiger partial charge in [-0.2, -0.15) is 0 Å². The van der Waals surface area contributed by atoms with Crippen molar-refractivity contribution in [3.05, 3.63) is 231 Å². The molecule has 0 radical (unpaired) electrons. The average Bonchev–Trinajstić information content (AvgIpc) is 3.86. The Balaban J connectivity index is 0.949. The monoisotopic (exact) mass is 770 g/mol. The van der Waals surface area contributed by atoms with Crippen LogP contribution in [0.25, 0.3) is 81.4 Å². The average molecular weight is 771 g/mol. The van der Waals surface area contributed by atoms with E-state index in [1.54, 1.807) is 0 Å². The van der Waals surface area contributed by atoms with E-state index in [0.717, 1.165) is 22.7 Å². The van der Waals surface area contributed by atoms with Gasteiger partial charge in [0.25, 0.3) is 0 Å². The predicted molar refractivity (Wildman–Crippen MR) is 253 cm³/mol. The number of fused-ring (bicyclic) bond motifs is 5. The van der Waals surface area contributed by atoms with Gasteiger partial charge in [-0.15, -0.1) is 11.3 Å². The lowest BCUT2D eigenvalue weighted by atomic mass is 10.0. The maximum absolute atomic E-state index is 2.45. The molecule has 0 saturated carbocycles. The smallest absolute Gasteiger partial charge is 0.0727 e. The van der Waals surface area contributed by atoms with Crippen molar-refractivity contribution in [2.45, 2.75) is 0 Å². The third kappa shape index (κ3) is 6.29. The SMILES string of the molecule is c1ccc(-c2ccc(N(c3ccc(-c4ccccc4)cc3)c3ccc(-c4ccc(-n5c6ccccc6c6sc7c(-c8ccccc8)cccc7c65)cc4)cc3)cc2)cc1. The van der Waals surface area contributed by atoms with E-state index in [-0.39, 0.29) is 0 Å². The van der Waals surface area contributed by atoms with Gasteiger partial charge >= 0.3 is 0 Å². The topological polar surface area (TPSA) is 8.17 Å². The summed E-state index contributed by atoms with van der Waals surface area (Å²) in [6.07, 6.45) is 0. The van der Waals surface area contributed by atoms with Gasteiger partial charge in [-0.3, -0.25) is 0 Å². The number of benzene rings is 9. The highest BCUT2D eigenvalue weighted by Gasteiger charge is 2.20. The highest BCUT2D eigenvalue weighted by atomic mass is 32.1. The number of nitrogens with zero attached hydrogens (tertiary/aromatic N) is 2. The first-order chi connectivity index (χ1) is 29.3. The summed E-state index contributed by atoms with van der Waals surface area (Å²) in [4.78, 5) is 2.34. The van der Waals surface area contributed by atoms with Crippen LogP contribution in [0.2, 0.25) is 0 Å². The van der Waals surface area contributed by atoms with Crippen molar-refractivity contribution < 1.29 is 0 Å². The summed E-state index contributed by atoms with van der Waals surface area (Å²) in [6, 6.07) is 83.2. The zero-order valence-electron chi connectivity index (χ0n) is 32.2. The Labute approximate surface area is 348 Å². The molecule has 278 valence electrons. The number of aromatic nitrogens is 1. The second-order valence-corrected chi connectivity index (χ2v) is 16.0.